The molecule has 0 aromatic heterocycles. The summed E-state index contributed by atoms with van der Waals surface area (Å²) in [4.78, 5) is 105. The van der Waals surface area contributed by atoms with Gasteiger partial charge in [0.2, 0.25) is 0 Å². The van der Waals surface area contributed by atoms with Crippen molar-refractivity contribution in [3.63, 3.8) is 0 Å². The molecule has 2 aliphatic carbocycles. The van der Waals surface area contributed by atoms with Crippen molar-refractivity contribution in [3.8, 4) is 11.5 Å². The van der Waals surface area contributed by atoms with Gasteiger partial charge in [-0.2, -0.15) is 0 Å². The Morgan fingerprint density at radius 1 is 0.549 bits per heavy atom. The van der Waals surface area contributed by atoms with Crippen LogP contribution in [0.1, 0.15) is 111 Å². The fourth-order valence-corrected chi connectivity index (χ4v) is 5.89. The van der Waals surface area contributed by atoms with Gasteiger partial charge in [0.25, 0.3) is 0 Å². The molecule has 4 atom stereocenters. The topological polar surface area (TPSA) is 188 Å². The van der Waals surface area contributed by atoms with Gasteiger partial charge >= 0.3 is 12.2 Å². The molecule has 0 radical (unpaired) electrons. The number of carbonyl (C=O) groups excluding carboxylic acids is 8. The van der Waals surface area contributed by atoms with E-state index in [4.69, 9.17) is 14.2 Å². The number of Topliss-reactive ketones (excluding diaryl/α,β-unsaturated/α-hetero) is 6. The van der Waals surface area contributed by atoms with Gasteiger partial charge in [0, 0.05) is 22.3 Å². The lowest BCUT2D eigenvalue weighted by Gasteiger charge is -2.26. The van der Waals surface area contributed by atoms with Crippen molar-refractivity contribution >= 4 is 46.9 Å². The van der Waals surface area contributed by atoms with Crippen LogP contribution in [0.2, 0.25) is 0 Å². The molecule has 2 aromatic carbocycles. The first-order valence-electron chi connectivity index (χ1n) is 16.7. The average Bonchev–Trinajstić information content (AvgIpc) is 3.39. The van der Waals surface area contributed by atoms with Crippen LogP contribution in [-0.4, -0.2) is 70.2 Å². The maximum Gasteiger partial charge on any atom is 0.408 e. The Kier molecular flexibility index (Phi) is 10.7. The highest BCUT2D eigenvalue weighted by Crippen LogP contribution is 2.36. The Morgan fingerprint density at radius 2 is 0.863 bits per heavy atom. The van der Waals surface area contributed by atoms with Gasteiger partial charge in [-0.3, -0.25) is 28.8 Å². The molecule has 13 nitrogen and oxygen atoms in total. The van der Waals surface area contributed by atoms with Crippen LogP contribution in [0.5, 0.6) is 11.5 Å². The summed E-state index contributed by atoms with van der Waals surface area (Å²) >= 11 is 0. The Labute approximate surface area is 296 Å². The molecule has 0 saturated heterocycles. The molecule has 2 unspecified atom stereocenters. The number of ether oxygens (including phenoxy) is 3. The van der Waals surface area contributed by atoms with Gasteiger partial charge < -0.3 is 24.8 Å². The fourth-order valence-electron chi connectivity index (χ4n) is 5.89. The molecular formula is C38H44N2O11. The van der Waals surface area contributed by atoms with Crippen molar-refractivity contribution in [2.45, 2.75) is 92.5 Å². The highest BCUT2D eigenvalue weighted by molar-refractivity contribution is 6.37. The quantitative estimate of drug-likeness (QED) is 0.289. The summed E-state index contributed by atoms with van der Waals surface area (Å²) in [6.45, 7) is 16.6. The predicted octanol–water partition coefficient (Wildman–Crippen LogP) is 5.71. The van der Waals surface area contributed by atoms with Crippen molar-refractivity contribution < 1.29 is 52.6 Å². The zero-order chi connectivity index (χ0) is 38.3. The van der Waals surface area contributed by atoms with Crippen molar-refractivity contribution in [2.24, 2.45) is 23.7 Å². The lowest BCUT2D eigenvalue weighted by atomic mass is 9.88. The third kappa shape index (κ3) is 8.41. The summed E-state index contributed by atoms with van der Waals surface area (Å²) in [5.74, 6) is -8.52. The van der Waals surface area contributed by atoms with E-state index < -0.39 is 93.8 Å². The van der Waals surface area contributed by atoms with Crippen LogP contribution >= 0.6 is 0 Å². The van der Waals surface area contributed by atoms with Gasteiger partial charge in [-0.1, -0.05) is 27.7 Å². The molecular weight excluding hydrogens is 660 g/mol. The molecule has 0 fully saturated rings. The minimum atomic E-state index is -1.67. The summed E-state index contributed by atoms with van der Waals surface area (Å²) in [5, 5.41) is 4.98. The number of ketones is 6. The van der Waals surface area contributed by atoms with Crippen LogP contribution in [-0.2, 0) is 19.1 Å². The Hall–Kier alpha value is -5.20. The van der Waals surface area contributed by atoms with Crippen LogP contribution in [0.4, 0.5) is 9.59 Å². The number of fused-ring (bicyclic) bond motifs is 2. The third-order valence-corrected chi connectivity index (χ3v) is 8.19. The highest BCUT2D eigenvalue weighted by Gasteiger charge is 2.48. The van der Waals surface area contributed by atoms with Gasteiger partial charge in [0.1, 0.15) is 34.5 Å². The first-order valence-corrected chi connectivity index (χ1v) is 16.7. The molecule has 0 saturated carbocycles. The van der Waals surface area contributed by atoms with E-state index >= 15 is 0 Å². The molecule has 0 aliphatic heterocycles. The molecule has 13 heteroatoms. The zero-order valence-corrected chi connectivity index (χ0v) is 30.4. The maximum atomic E-state index is 13.5. The Bertz CT molecular complexity index is 1700. The SMILES string of the molecule is CC(C)[C@@H](NC(=O)OC(C)(C)C)C(=O)C1C(=O)c2ccc(Oc3ccc4c(c3)C(=O)C(C(=O)[C@H](NC(=O)OC(C)(C)C)C(C)C)C4=O)cc2C1=O. The first kappa shape index (κ1) is 38.6. The van der Waals surface area contributed by atoms with Crippen LogP contribution < -0.4 is 15.4 Å². The molecule has 0 spiro atoms. The monoisotopic (exact) mass is 704 g/mol. The van der Waals surface area contributed by atoms with Crippen molar-refractivity contribution in [2.75, 3.05) is 0 Å². The molecule has 4 rings (SSSR count). The predicted molar refractivity (Wildman–Crippen MR) is 183 cm³/mol. The largest absolute Gasteiger partial charge is 0.457 e. The summed E-state index contributed by atoms with van der Waals surface area (Å²) in [5.41, 5.74) is -1.74. The Morgan fingerprint density at radius 3 is 1.16 bits per heavy atom. The molecule has 0 bridgehead atoms. The maximum absolute atomic E-state index is 13.5. The highest BCUT2D eigenvalue weighted by atomic mass is 16.6. The summed E-state index contributed by atoms with van der Waals surface area (Å²) in [7, 11) is 0. The minimum absolute atomic E-state index is 0.0151. The van der Waals surface area contributed by atoms with E-state index in [1.54, 1.807) is 69.2 Å². The average molecular weight is 705 g/mol. The normalized spacial score (nSPS) is 18.3. The van der Waals surface area contributed by atoms with E-state index in [-0.39, 0.29) is 33.8 Å². The van der Waals surface area contributed by atoms with Crippen LogP contribution in [0.15, 0.2) is 36.4 Å². The number of hydrogen-bond acceptors (Lipinski definition) is 11. The van der Waals surface area contributed by atoms with Gasteiger partial charge in [0.15, 0.2) is 34.7 Å². The molecule has 2 amide bonds. The van der Waals surface area contributed by atoms with Crippen LogP contribution in [0.3, 0.4) is 0 Å². The van der Waals surface area contributed by atoms with Gasteiger partial charge in [-0.15, -0.1) is 0 Å². The zero-order valence-electron chi connectivity index (χ0n) is 30.4. The third-order valence-electron chi connectivity index (χ3n) is 8.19. The standard InChI is InChI=1S/C38H44N2O11/c1-17(2)27(39-35(47)50-37(5,6)7)33(45)25-29(41)21-13-11-19(15-23(21)31(25)43)49-20-12-14-22-24(16-20)32(44)26(30(22)42)34(46)28(18(3)4)40-36(48)51-38(8,9)10/h11-18,25-28H,1-10H3,(H,39,47)(H,40,48)/t25?,26?,27-,28-/m1/s1. The van der Waals surface area contributed by atoms with Gasteiger partial charge in [0.05, 0.1) is 12.1 Å². The van der Waals surface area contributed by atoms with Gasteiger partial charge in [-0.05, 0) is 89.8 Å². The second-order valence-corrected chi connectivity index (χ2v) is 15.4. The second kappa shape index (κ2) is 14.2. The van der Waals surface area contributed by atoms with E-state index in [2.05, 4.69) is 10.6 Å². The second-order valence-electron chi connectivity index (χ2n) is 15.4. The van der Waals surface area contributed by atoms with E-state index in [9.17, 15) is 38.4 Å². The van der Waals surface area contributed by atoms with E-state index in [1.165, 1.54) is 36.4 Å². The number of nitrogens with one attached hydrogen (secondary N) is 2. The van der Waals surface area contributed by atoms with E-state index in [0.29, 0.717) is 0 Å². The number of rotatable bonds is 10. The first-order chi connectivity index (χ1) is 23.5. The number of hydrogen-bond donors (Lipinski definition) is 2. The number of amides is 2. The lowest BCUT2D eigenvalue weighted by molar-refractivity contribution is -0.124. The summed E-state index contributed by atoms with van der Waals surface area (Å²) in [6.07, 6.45) is -1.72. The van der Waals surface area contributed by atoms with Crippen molar-refractivity contribution in [1.29, 1.82) is 0 Å². The van der Waals surface area contributed by atoms with Gasteiger partial charge in [-0.25, -0.2) is 9.59 Å². The van der Waals surface area contributed by atoms with Crippen molar-refractivity contribution in [3.05, 3.63) is 58.7 Å². The lowest BCUT2D eigenvalue weighted by Crippen LogP contribution is -2.50. The minimum Gasteiger partial charge on any atom is -0.457 e. The van der Waals surface area contributed by atoms with E-state index in [1.807, 2.05) is 0 Å². The van der Waals surface area contributed by atoms with Crippen LogP contribution in [0.25, 0.3) is 0 Å². The smallest absolute Gasteiger partial charge is 0.408 e. The van der Waals surface area contributed by atoms with E-state index in [0.717, 1.165) is 0 Å². The molecule has 272 valence electrons. The molecule has 51 heavy (non-hydrogen) atoms. The molecule has 0 heterocycles. The Balaban J connectivity index is 1.52. The summed E-state index contributed by atoms with van der Waals surface area (Å²) < 4.78 is 16.4. The van der Waals surface area contributed by atoms with Crippen molar-refractivity contribution in [1.82, 2.24) is 10.6 Å². The number of alkyl carbamates (subject to hydrolysis) is 2. The number of carbonyl (C=O) groups is 8. The fraction of sp³-hybridized carbons (Fsp3) is 0.474. The summed E-state index contributed by atoms with van der Waals surface area (Å²) in [6, 6.07) is 5.79. The number of benzene rings is 2. The molecule has 2 N–H and O–H groups in total. The molecule has 2 aromatic rings. The van der Waals surface area contributed by atoms with Crippen LogP contribution in [0, 0.1) is 23.7 Å². The molecule has 2 aliphatic rings.